The van der Waals surface area contributed by atoms with Crippen LogP contribution < -0.4 is 11.4 Å². The number of halogens is 4. The van der Waals surface area contributed by atoms with Gasteiger partial charge in [0.1, 0.15) is 0 Å². The summed E-state index contributed by atoms with van der Waals surface area (Å²) in [5, 5.41) is 10.5. The molecule has 1 atom stereocenters. The van der Waals surface area contributed by atoms with Gasteiger partial charge in [0.2, 0.25) is 5.91 Å². The van der Waals surface area contributed by atoms with E-state index in [4.69, 9.17) is 17.3 Å². The van der Waals surface area contributed by atoms with E-state index in [1.165, 1.54) is 17.9 Å². The van der Waals surface area contributed by atoms with Crippen LogP contribution in [0.25, 0.3) is 21.9 Å². The van der Waals surface area contributed by atoms with Crippen LogP contribution in [0.5, 0.6) is 0 Å². The van der Waals surface area contributed by atoms with Crippen molar-refractivity contribution in [2.75, 3.05) is 18.8 Å². The van der Waals surface area contributed by atoms with Gasteiger partial charge in [0.05, 0.1) is 44.4 Å². The third-order valence-corrected chi connectivity index (χ3v) is 8.11. The SMILES string of the molecule is C[C@@](CC(=O)N1CCC(n2c(=O)[nH]c3c4ccccc4ncc32)CC1)(Cc1cc(Cl)c(N)c(C(F)(F)F)c1)C(=O)O. The number of nitrogens with one attached hydrogen (secondary N) is 1. The maximum atomic E-state index is 13.4. The number of piperidine rings is 1. The Morgan fingerprint density at radius 1 is 1.20 bits per heavy atom. The number of benzene rings is 2. The van der Waals surface area contributed by atoms with Gasteiger partial charge in [-0.25, -0.2) is 4.79 Å². The molecule has 41 heavy (non-hydrogen) atoms. The molecular formula is C28H27ClF3N5O4. The number of para-hydroxylation sites is 1. The quantitative estimate of drug-likeness (QED) is 0.270. The summed E-state index contributed by atoms with van der Waals surface area (Å²) in [4.78, 5) is 47.3. The summed E-state index contributed by atoms with van der Waals surface area (Å²) >= 11 is 5.92. The van der Waals surface area contributed by atoms with Crippen molar-refractivity contribution in [3.05, 3.63) is 69.2 Å². The van der Waals surface area contributed by atoms with Crippen molar-refractivity contribution in [1.29, 1.82) is 0 Å². The lowest BCUT2D eigenvalue weighted by Gasteiger charge is -2.35. The number of hydrogen-bond acceptors (Lipinski definition) is 5. The van der Waals surface area contributed by atoms with Gasteiger partial charge in [-0.15, -0.1) is 0 Å². The van der Waals surface area contributed by atoms with Crippen molar-refractivity contribution in [3.8, 4) is 0 Å². The zero-order valence-corrected chi connectivity index (χ0v) is 22.7. The fourth-order valence-corrected chi connectivity index (χ4v) is 5.82. The Bertz CT molecular complexity index is 1730. The number of nitrogens with zero attached hydrogens (tertiary/aromatic N) is 3. The number of carboxylic acid groups (broad SMARTS) is 1. The summed E-state index contributed by atoms with van der Waals surface area (Å²) in [6.07, 6.45) is -3.01. The Morgan fingerprint density at radius 3 is 2.54 bits per heavy atom. The number of anilines is 1. The second-order valence-corrected chi connectivity index (χ2v) is 11.1. The summed E-state index contributed by atoms with van der Waals surface area (Å²) in [6.45, 7) is 1.89. The van der Waals surface area contributed by atoms with E-state index >= 15 is 0 Å². The van der Waals surface area contributed by atoms with E-state index in [1.807, 2.05) is 24.3 Å². The highest BCUT2D eigenvalue weighted by atomic mass is 35.5. The Morgan fingerprint density at radius 2 is 1.88 bits per heavy atom. The van der Waals surface area contributed by atoms with E-state index in [0.29, 0.717) is 23.9 Å². The number of carbonyl (C=O) groups is 2. The maximum Gasteiger partial charge on any atom is 0.418 e. The molecule has 4 aromatic rings. The van der Waals surface area contributed by atoms with E-state index in [9.17, 15) is 32.7 Å². The molecule has 9 nitrogen and oxygen atoms in total. The number of imidazole rings is 1. The number of rotatable bonds is 6. The lowest BCUT2D eigenvalue weighted by molar-refractivity contribution is -0.153. The lowest BCUT2D eigenvalue weighted by atomic mass is 9.79. The first kappa shape index (κ1) is 28.5. The van der Waals surface area contributed by atoms with Crippen molar-refractivity contribution in [2.24, 2.45) is 5.41 Å². The molecule has 2 aromatic carbocycles. The molecule has 1 aliphatic rings. The number of carbonyl (C=O) groups excluding carboxylic acids is 1. The van der Waals surface area contributed by atoms with Gasteiger partial charge in [-0.3, -0.25) is 19.1 Å². The molecule has 0 saturated carbocycles. The summed E-state index contributed by atoms with van der Waals surface area (Å²) in [5.41, 5.74) is 3.84. The molecule has 216 valence electrons. The fourth-order valence-electron chi connectivity index (χ4n) is 5.58. The minimum absolute atomic E-state index is 0.00720. The van der Waals surface area contributed by atoms with Gasteiger partial charge in [0.25, 0.3) is 0 Å². The first-order valence-electron chi connectivity index (χ1n) is 12.9. The van der Waals surface area contributed by atoms with Gasteiger partial charge in [0.15, 0.2) is 0 Å². The van der Waals surface area contributed by atoms with E-state index < -0.39 is 41.1 Å². The van der Waals surface area contributed by atoms with Gasteiger partial charge in [-0.05, 0) is 49.9 Å². The molecule has 1 amide bonds. The number of likely N-dealkylation sites (tertiary alicyclic amines) is 1. The standard InChI is InChI=1S/C28H27ClF3N5O4/c1-27(25(39)40,12-15-10-18(28(30,31)32)23(33)19(29)11-15)13-22(38)36-8-6-16(7-9-36)37-21-14-34-20-5-3-2-4-17(20)24(21)35-26(37)41/h2-5,10-11,14,16H,6-9,12-13,33H2,1H3,(H,35,41)(H,39,40)/t27-/m0/s1. The topological polar surface area (TPSA) is 134 Å². The van der Waals surface area contributed by atoms with Crippen molar-refractivity contribution in [1.82, 2.24) is 19.4 Å². The molecule has 2 aromatic heterocycles. The average molecular weight is 590 g/mol. The van der Waals surface area contributed by atoms with Gasteiger partial charge in [-0.2, -0.15) is 13.2 Å². The zero-order valence-electron chi connectivity index (χ0n) is 22.0. The smallest absolute Gasteiger partial charge is 0.418 e. The van der Waals surface area contributed by atoms with Gasteiger partial charge in [-0.1, -0.05) is 29.8 Å². The maximum absolute atomic E-state index is 13.4. The van der Waals surface area contributed by atoms with Crippen LogP contribution >= 0.6 is 11.6 Å². The van der Waals surface area contributed by atoms with Gasteiger partial charge >= 0.3 is 17.8 Å². The van der Waals surface area contributed by atoms with E-state index in [0.717, 1.165) is 17.0 Å². The summed E-state index contributed by atoms with van der Waals surface area (Å²) < 4.78 is 41.9. The first-order chi connectivity index (χ1) is 19.3. The van der Waals surface area contributed by atoms with E-state index in [1.54, 1.807) is 10.8 Å². The molecule has 0 radical (unpaired) electrons. The average Bonchev–Trinajstić information content (AvgIpc) is 3.26. The molecule has 0 aliphatic carbocycles. The Kier molecular flexibility index (Phi) is 7.22. The van der Waals surface area contributed by atoms with Crippen LogP contribution in [0.1, 0.15) is 43.4 Å². The number of H-pyrrole nitrogens is 1. The minimum Gasteiger partial charge on any atom is -0.481 e. The number of fused-ring (bicyclic) bond motifs is 3. The molecule has 0 unspecified atom stereocenters. The monoisotopic (exact) mass is 589 g/mol. The Hall–Kier alpha value is -4.06. The van der Waals surface area contributed by atoms with Crippen molar-refractivity contribution in [3.63, 3.8) is 0 Å². The number of aromatic nitrogens is 3. The number of carboxylic acids is 1. The van der Waals surface area contributed by atoms with Crippen LogP contribution in [0.4, 0.5) is 18.9 Å². The molecule has 4 N–H and O–H groups in total. The number of amides is 1. The fraction of sp³-hybridized carbons (Fsp3) is 0.357. The number of aromatic amines is 1. The normalized spacial score (nSPS) is 16.3. The number of nitrogens with two attached hydrogens (primary N) is 1. The minimum atomic E-state index is -4.78. The van der Waals surface area contributed by atoms with Crippen LogP contribution in [0.2, 0.25) is 5.02 Å². The zero-order chi connectivity index (χ0) is 29.7. The number of hydrogen-bond donors (Lipinski definition) is 3. The molecule has 13 heteroatoms. The molecule has 0 bridgehead atoms. The van der Waals surface area contributed by atoms with E-state index in [-0.39, 0.29) is 41.8 Å². The second-order valence-electron chi connectivity index (χ2n) is 10.7. The molecule has 3 heterocycles. The van der Waals surface area contributed by atoms with Crippen LogP contribution in [-0.2, 0) is 22.2 Å². The molecule has 0 spiro atoms. The molecule has 1 fully saturated rings. The van der Waals surface area contributed by atoms with Crippen LogP contribution in [0.3, 0.4) is 0 Å². The summed E-state index contributed by atoms with van der Waals surface area (Å²) in [6, 6.07) is 9.24. The summed E-state index contributed by atoms with van der Waals surface area (Å²) in [5.74, 6) is -1.77. The highest BCUT2D eigenvalue weighted by Gasteiger charge is 2.40. The Labute approximate surface area is 236 Å². The molecule has 5 rings (SSSR count). The lowest BCUT2D eigenvalue weighted by Crippen LogP contribution is -2.44. The molecule has 1 aliphatic heterocycles. The van der Waals surface area contributed by atoms with Crippen LogP contribution in [-0.4, -0.2) is 49.5 Å². The Balaban J connectivity index is 1.31. The van der Waals surface area contributed by atoms with Gasteiger partial charge < -0.3 is 20.7 Å². The predicted molar refractivity (Wildman–Crippen MR) is 148 cm³/mol. The first-order valence-corrected chi connectivity index (χ1v) is 13.3. The molecular weight excluding hydrogens is 563 g/mol. The van der Waals surface area contributed by atoms with Crippen LogP contribution in [0.15, 0.2) is 47.4 Å². The number of nitrogen functional groups attached to an aromatic ring is 1. The van der Waals surface area contributed by atoms with Crippen molar-refractivity contribution < 1.29 is 27.9 Å². The predicted octanol–water partition coefficient (Wildman–Crippen LogP) is 5.02. The number of aliphatic carboxylic acids is 1. The second kappa shape index (κ2) is 10.4. The third-order valence-electron chi connectivity index (χ3n) is 7.79. The van der Waals surface area contributed by atoms with Crippen molar-refractivity contribution >= 4 is 51.1 Å². The number of alkyl halides is 3. The van der Waals surface area contributed by atoms with Crippen LogP contribution in [0, 0.1) is 5.41 Å². The largest absolute Gasteiger partial charge is 0.481 e. The van der Waals surface area contributed by atoms with E-state index in [2.05, 4.69) is 9.97 Å². The number of pyridine rings is 1. The van der Waals surface area contributed by atoms with Crippen molar-refractivity contribution in [2.45, 2.75) is 44.8 Å². The molecule has 1 saturated heterocycles. The highest BCUT2D eigenvalue weighted by Crippen LogP contribution is 2.40. The third kappa shape index (κ3) is 5.35. The van der Waals surface area contributed by atoms with Gasteiger partial charge in [0, 0.05) is 30.9 Å². The summed E-state index contributed by atoms with van der Waals surface area (Å²) in [7, 11) is 0. The highest BCUT2D eigenvalue weighted by molar-refractivity contribution is 6.33.